The van der Waals surface area contributed by atoms with Crippen LogP contribution in [0.2, 0.25) is 0 Å². The van der Waals surface area contributed by atoms with Gasteiger partial charge in [-0.1, -0.05) is 36.3 Å². The van der Waals surface area contributed by atoms with E-state index >= 15 is 0 Å². The van der Waals surface area contributed by atoms with E-state index < -0.39 is 0 Å². The molecule has 0 aliphatic heterocycles. The molecule has 0 unspecified atom stereocenters. The second kappa shape index (κ2) is 7.15. The molecule has 1 aromatic heterocycles. The fourth-order valence-electron chi connectivity index (χ4n) is 1.92. The van der Waals surface area contributed by atoms with Gasteiger partial charge in [-0.3, -0.25) is 9.48 Å². The minimum absolute atomic E-state index is 0.261. The number of carbonyl (C=O) groups is 1. The number of aryl methyl sites for hydroxylation is 2. The maximum absolute atomic E-state index is 11.3. The molecule has 4 heteroatoms. The van der Waals surface area contributed by atoms with Crippen LogP contribution in [0.3, 0.4) is 0 Å². The van der Waals surface area contributed by atoms with Crippen molar-refractivity contribution in [2.45, 2.75) is 26.4 Å². The molecule has 1 heterocycles. The van der Waals surface area contributed by atoms with Crippen LogP contribution in [-0.2, 0) is 24.3 Å². The van der Waals surface area contributed by atoms with E-state index in [1.807, 2.05) is 28.9 Å². The van der Waals surface area contributed by atoms with Gasteiger partial charge in [0.1, 0.15) is 0 Å². The van der Waals surface area contributed by atoms with Crippen LogP contribution in [0.15, 0.2) is 42.6 Å². The molecule has 0 spiro atoms. The highest BCUT2D eigenvalue weighted by molar-refractivity contribution is 5.93. The van der Waals surface area contributed by atoms with E-state index in [2.05, 4.69) is 34.4 Å². The molecule has 4 nitrogen and oxygen atoms in total. The van der Waals surface area contributed by atoms with Gasteiger partial charge in [-0.05, 0) is 30.9 Å². The summed E-state index contributed by atoms with van der Waals surface area (Å²) in [6.07, 6.45) is 2.66. The second-order valence-corrected chi connectivity index (χ2v) is 4.34. The summed E-state index contributed by atoms with van der Waals surface area (Å²) in [5.74, 6) is 4.77. The van der Waals surface area contributed by atoms with Gasteiger partial charge in [0, 0.05) is 12.7 Å². The largest absolute Gasteiger partial charge is 0.340 e. The van der Waals surface area contributed by atoms with Crippen molar-refractivity contribution in [1.82, 2.24) is 15.1 Å². The lowest BCUT2D eigenvalue weighted by molar-refractivity contribution is -0.115. The van der Waals surface area contributed by atoms with Crippen molar-refractivity contribution in [2.24, 2.45) is 0 Å². The Balaban J connectivity index is 1.91. The molecule has 1 amide bonds. The number of carbonyl (C=O) groups excluding carboxylic acids is 1. The smallest absolute Gasteiger partial charge is 0.296 e. The Morgan fingerprint density at radius 2 is 2.10 bits per heavy atom. The zero-order valence-electron chi connectivity index (χ0n) is 11.5. The first-order chi connectivity index (χ1) is 9.79. The lowest BCUT2D eigenvalue weighted by atomic mass is 10.1. The van der Waals surface area contributed by atoms with Crippen LogP contribution in [-0.4, -0.2) is 15.7 Å². The van der Waals surface area contributed by atoms with Gasteiger partial charge in [-0.25, -0.2) is 0 Å². The molecule has 0 fully saturated rings. The highest BCUT2D eigenvalue weighted by atomic mass is 16.1. The van der Waals surface area contributed by atoms with Gasteiger partial charge in [-0.2, -0.15) is 5.10 Å². The van der Waals surface area contributed by atoms with Crippen LogP contribution in [0, 0.1) is 11.8 Å². The summed E-state index contributed by atoms with van der Waals surface area (Å²) in [5, 5.41) is 7.04. The van der Waals surface area contributed by atoms with Crippen LogP contribution < -0.4 is 5.32 Å². The molecule has 0 radical (unpaired) electrons. The fourth-order valence-corrected chi connectivity index (χ4v) is 1.92. The predicted molar refractivity (Wildman–Crippen MR) is 77.7 cm³/mol. The molecule has 0 saturated heterocycles. The lowest BCUT2D eigenvalue weighted by Gasteiger charge is -2.07. The predicted octanol–water partition coefficient (Wildman–Crippen LogP) is 1.77. The number of amides is 1. The fraction of sp³-hybridized carbons (Fsp3) is 0.250. The monoisotopic (exact) mass is 267 g/mol. The normalized spacial score (nSPS) is 9.65. The van der Waals surface area contributed by atoms with E-state index in [-0.39, 0.29) is 5.91 Å². The molecule has 102 valence electrons. The maximum Gasteiger partial charge on any atom is 0.296 e. The average Bonchev–Trinajstić information content (AvgIpc) is 2.92. The molecule has 0 atom stereocenters. The second-order valence-electron chi connectivity index (χ2n) is 4.34. The van der Waals surface area contributed by atoms with E-state index in [4.69, 9.17) is 0 Å². The molecule has 20 heavy (non-hydrogen) atoms. The van der Waals surface area contributed by atoms with Crippen molar-refractivity contribution in [3.63, 3.8) is 0 Å². The van der Waals surface area contributed by atoms with Crippen LogP contribution >= 0.6 is 0 Å². The van der Waals surface area contributed by atoms with Gasteiger partial charge in [0.2, 0.25) is 0 Å². The highest BCUT2D eigenvalue weighted by Crippen LogP contribution is 2.04. The van der Waals surface area contributed by atoms with Crippen LogP contribution in [0.5, 0.6) is 0 Å². The molecule has 0 bridgehead atoms. The summed E-state index contributed by atoms with van der Waals surface area (Å²) in [4.78, 5) is 11.3. The number of nitrogens with zero attached hydrogens (tertiary/aromatic N) is 2. The Kier molecular flexibility index (Phi) is 4.96. The molecule has 1 aromatic carbocycles. The number of benzene rings is 1. The summed E-state index contributed by atoms with van der Waals surface area (Å²) in [5.41, 5.74) is 2.25. The molecule has 0 saturated carbocycles. The van der Waals surface area contributed by atoms with Gasteiger partial charge >= 0.3 is 0 Å². The van der Waals surface area contributed by atoms with Crippen molar-refractivity contribution in [2.75, 3.05) is 0 Å². The summed E-state index contributed by atoms with van der Waals surface area (Å²) in [6.45, 7) is 2.88. The SMILES string of the molecule is CC#CC(=O)NCc1ccnn1CCc1ccccc1. The molecule has 0 aliphatic rings. The first kappa shape index (κ1) is 13.9. The van der Waals surface area contributed by atoms with E-state index in [9.17, 15) is 4.79 Å². The third-order valence-electron chi connectivity index (χ3n) is 2.93. The van der Waals surface area contributed by atoms with Gasteiger partial charge in [0.25, 0.3) is 5.91 Å². The minimum atomic E-state index is -0.261. The van der Waals surface area contributed by atoms with Crippen molar-refractivity contribution in [3.8, 4) is 11.8 Å². The first-order valence-corrected chi connectivity index (χ1v) is 6.55. The van der Waals surface area contributed by atoms with Crippen molar-refractivity contribution in [3.05, 3.63) is 53.9 Å². The maximum atomic E-state index is 11.3. The molecular formula is C16H17N3O. The number of rotatable bonds is 5. The first-order valence-electron chi connectivity index (χ1n) is 6.55. The minimum Gasteiger partial charge on any atom is -0.340 e. The number of aromatic nitrogens is 2. The van der Waals surface area contributed by atoms with Crippen molar-refractivity contribution >= 4 is 5.91 Å². The summed E-state index contributed by atoms with van der Waals surface area (Å²) in [7, 11) is 0. The molecule has 0 aliphatic carbocycles. The lowest BCUT2D eigenvalue weighted by Crippen LogP contribution is -2.23. The number of hydrogen-bond acceptors (Lipinski definition) is 2. The number of hydrogen-bond donors (Lipinski definition) is 1. The van der Waals surface area contributed by atoms with E-state index in [1.54, 1.807) is 13.1 Å². The van der Waals surface area contributed by atoms with Gasteiger partial charge in [0.05, 0.1) is 12.2 Å². The molecule has 1 N–H and O–H groups in total. The summed E-state index contributed by atoms with van der Waals surface area (Å²) in [6, 6.07) is 12.2. The highest BCUT2D eigenvalue weighted by Gasteiger charge is 2.04. The van der Waals surface area contributed by atoms with Gasteiger partial charge in [0.15, 0.2) is 0 Å². The quantitative estimate of drug-likeness (QED) is 0.839. The third-order valence-corrected chi connectivity index (χ3v) is 2.93. The Morgan fingerprint density at radius 3 is 2.85 bits per heavy atom. The Morgan fingerprint density at radius 1 is 1.30 bits per heavy atom. The van der Waals surface area contributed by atoms with Crippen LogP contribution in [0.25, 0.3) is 0 Å². The van der Waals surface area contributed by atoms with Crippen molar-refractivity contribution < 1.29 is 4.79 Å². The van der Waals surface area contributed by atoms with Crippen LogP contribution in [0.4, 0.5) is 0 Å². The molecule has 2 rings (SSSR count). The summed E-state index contributed by atoms with van der Waals surface area (Å²) >= 11 is 0. The Labute approximate surface area is 118 Å². The van der Waals surface area contributed by atoms with Crippen molar-refractivity contribution in [1.29, 1.82) is 0 Å². The Bertz CT molecular complexity index is 620. The topological polar surface area (TPSA) is 46.9 Å². The van der Waals surface area contributed by atoms with Crippen LogP contribution in [0.1, 0.15) is 18.2 Å². The zero-order chi connectivity index (χ0) is 14.2. The van der Waals surface area contributed by atoms with Gasteiger partial charge in [-0.15, -0.1) is 0 Å². The average molecular weight is 267 g/mol. The molecule has 2 aromatic rings. The van der Waals surface area contributed by atoms with Gasteiger partial charge < -0.3 is 5.32 Å². The van der Waals surface area contributed by atoms with E-state index in [1.165, 1.54) is 5.56 Å². The third kappa shape index (κ3) is 3.99. The van der Waals surface area contributed by atoms with E-state index in [0.717, 1.165) is 18.7 Å². The molecular weight excluding hydrogens is 250 g/mol. The van der Waals surface area contributed by atoms with E-state index in [0.29, 0.717) is 6.54 Å². The standard InChI is InChI=1S/C16H17N3O/c1-2-6-16(20)17-13-15-9-11-18-19(15)12-10-14-7-4-3-5-8-14/h3-5,7-9,11H,10,12-13H2,1H3,(H,17,20). The summed E-state index contributed by atoms with van der Waals surface area (Å²) < 4.78 is 1.91. The zero-order valence-corrected chi connectivity index (χ0v) is 11.5. The number of nitrogens with one attached hydrogen (secondary N) is 1. The Hall–Kier alpha value is -2.54.